The van der Waals surface area contributed by atoms with Crippen LogP contribution in [0.15, 0.2) is 48.7 Å². The minimum atomic E-state index is 0.659. The van der Waals surface area contributed by atoms with E-state index in [1.54, 1.807) is 0 Å². The first-order chi connectivity index (χ1) is 10.8. The Kier molecular flexibility index (Phi) is 3.04. The zero-order chi connectivity index (χ0) is 14.9. The second kappa shape index (κ2) is 5.18. The molecule has 0 aliphatic rings. The molecule has 0 unspecified atom stereocenters. The van der Waals surface area contributed by atoms with Crippen molar-refractivity contribution < 1.29 is 0 Å². The van der Waals surface area contributed by atoms with Crippen LogP contribution in [0, 0.1) is 0 Å². The van der Waals surface area contributed by atoms with Gasteiger partial charge in [0, 0.05) is 23.5 Å². The van der Waals surface area contributed by atoms with Crippen LogP contribution in [0.4, 0.5) is 5.82 Å². The Hall–Kier alpha value is -2.82. The molecule has 0 amide bonds. The number of H-pyrrole nitrogens is 1. The number of nitrogens with zero attached hydrogens (tertiary/aromatic N) is 3. The van der Waals surface area contributed by atoms with Crippen LogP contribution in [0.25, 0.3) is 21.9 Å². The van der Waals surface area contributed by atoms with Crippen LogP contribution >= 0.6 is 0 Å². The number of pyridine rings is 1. The molecule has 4 rings (SSSR count). The van der Waals surface area contributed by atoms with Gasteiger partial charge in [-0.1, -0.05) is 18.2 Å². The fourth-order valence-electron chi connectivity index (χ4n) is 2.77. The lowest BCUT2D eigenvalue weighted by Crippen LogP contribution is -2.03. The van der Waals surface area contributed by atoms with Gasteiger partial charge >= 0.3 is 0 Å². The van der Waals surface area contributed by atoms with E-state index in [0.29, 0.717) is 6.54 Å². The Balaban J connectivity index is 1.63. The second-order valence-electron chi connectivity index (χ2n) is 5.25. The molecular formula is C17H17N5. The highest BCUT2D eigenvalue weighted by Gasteiger charge is 2.09. The number of aromatic nitrogens is 4. The van der Waals surface area contributed by atoms with Crippen molar-refractivity contribution in [2.24, 2.45) is 0 Å². The van der Waals surface area contributed by atoms with Gasteiger partial charge in [0.05, 0.1) is 17.8 Å². The lowest BCUT2D eigenvalue weighted by atomic mass is 10.2. The van der Waals surface area contributed by atoms with Gasteiger partial charge in [0.1, 0.15) is 11.5 Å². The monoisotopic (exact) mass is 291 g/mol. The van der Waals surface area contributed by atoms with E-state index in [1.807, 2.05) is 29.1 Å². The van der Waals surface area contributed by atoms with E-state index in [2.05, 4.69) is 46.5 Å². The molecule has 3 heterocycles. The van der Waals surface area contributed by atoms with Gasteiger partial charge in [0.2, 0.25) is 0 Å². The average molecular weight is 291 g/mol. The first-order valence-corrected chi connectivity index (χ1v) is 7.47. The summed E-state index contributed by atoms with van der Waals surface area (Å²) in [6.07, 6.45) is 1.90. The maximum atomic E-state index is 4.69. The fourth-order valence-corrected chi connectivity index (χ4v) is 2.77. The van der Waals surface area contributed by atoms with E-state index in [9.17, 15) is 0 Å². The lowest BCUT2D eigenvalue weighted by molar-refractivity contribution is 0.670. The van der Waals surface area contributed by atoms with E-state index in [0.717, 1.165) is 29.1 Å². The van der Waals surface area contributed by atoms with Crippen molar-refractivity contribution in [3.05, 3.63) is 54.4 Å². The van der Waals surface area contributed by atoms with Crippen LogP contribution in [0.5, 0.6) is 0 Å². The molecule has 0 spiro atoms. The molecule has 0 aliphatic heterocycles. The van der Waals surface area contributed by atoms with E-state index < -0.39 is 0 Å². The maximum absolute atomic E-state index is 4.69. The van der Waals surface area contributed by atoms with Gasteiger partial charge < -0.3 is 10.3 Å². The molecule has 0 aliphatic carbocycles. The number of anilines is 1. The van der Waals surface area contributed by atoms with Gasteiger partial charge in [0.25, 0.3) is 0 Å². The molecule has 0 saturated carbocycles. The Labute approximate surface area is 128 Å². The molecule has 4 aromatic rings. The molecule has 3 aromatic heterocycles. The fraction of sp³-hybridized carbons (Fsp3) is 0.176. The molecule has 22 heavy (non-hydrogen) atoms. The molecule has 1 aromatic carbocycles. The van der Waals surface area contributed by atoms with Crippen LogP contribution in [-0.2, 0) is 13.1 Å². The lowest BCUT2D eigenvalue weighted by Gasteiger charge is -2.04. The van der Waals surface area contributed by atoms with Gasteiger partial charge in [-0.15, -0.1) is 0 Å². The number of hydrogen-bond donors (Lipinski definition) is 2. The number of fused-ring (bicyclic) bond motifs is 2. The van der Waals surface area contributed by atoms with E-state index >= 15 is 0 Å². The Morgan fingerprint density at radius 2 is 2.05 bits per heavy atom. The summed E-state index contributed by atoms with van der Waals surface area (Å²) in [6, 6.07) is 14.4. The number of aryl methyl sites for hydroxylation is 1. The molecule has 0 saturated heterocycles. The summed E-state index contributed by atoms with van der Waals surface area (Å²) in [5, 5.41) is 10.4. The summed E-state index contributed by atoms with van der Waals surface area (Å²) in [5.74, 6) is 0.852. The summed E-state index contributed by atoms with van der Waals surface area (Å²) < 4.78 is 2.04. The Bertz CT molecular complexity index is 934. The highest BCUT2D eigenvalue weighted by molar-refractivity contribution is 5.82. The van der Waals surface area contributed by atoms with Crippen LogP contribution < -0.4 is 5.32 Å². The van der Waals surface area contributed by atoms with E-state index in [1.165, 1.54) is 10.9 Å². The summed E-state index contributed by atoms with van der Waals surface area (Å²) in [5.41, 5.74) is 3.12. The molecule has 0 fully saturated rings. The SMILES string of the molecule is CCn1nc(CNc2ccc3cc[nH]c3n2)c2ccccc21. The predicted octanol–water partition coefficient (Wildman–Crippen LogP) is 3.54. The third-order valence-corrected chi connectivity index (χ3v) is 3.88. The largest absolute Gasteiger partial charge is 0.364 e. The van der Waals surface area contributed by atoms with E-state index in [4.69, 9.17) is 5.10 Å². The smallest absolute Gasteiger partial charge is 0.139 e. The Morgan fingerprint density at radius 3 is 2.95 bits per heavy atom. The van der Waals surface area contributed by atoms with Gasteiger partial charge in [-0.05, 0) is 31.2 Å². The number of hydrogen-bond acceptors (Lipinski definition) is 3. The molecular weight excluding hydrogens is 274 g/mol. The second-order valence-corrected chi connectivity index (χ2v) is 5.25. The van der Waals surface area contributed by atoms with Crippen molar-refractivity contribution in [3.8, 4) is 0 Å². The average Bonchev–Trinajstić information content (AvgIpc) is 3.16. The van der Waals surface area contributed by atoms with Crippen molar-refractivity contribution in [1.82, 2.24) is 19.7 Å². The molecule has 0 atom stereocenters. The zero-order valence-electron chi connectivity index (χ0n) is 12.4. The number of aromatic amines is 1. The number of para-hydroxylation sites is 1. The van der Waals surface area contributed by atoms with Gasteiger partial charge in [-0.3, -0.25) is 4.68 Å². The standard InChI is InChI=1S/C17H17N5/c1-2-22-15-6-4-3-5-13(15)14(21-22)11-19-16-8-7-12-9-10-18-17(12)20-16/h3-10H,2,11H2,1H3,(H2,18,19,20). The summed E-state index contributed by atoms with van der Waals surface area (Å²) >= 11 is 0. The third kappa shape index (κ3) is 2.11. The number of nitrogens with one attached hydrogen (secondary N) is 2. The van der Waals surface area contributed by atoms with Crippen molar-refractivity contribution in [1.29, 1.82) is 0 Å². The van der Waals surface area contributed by atoms with Gasteiger partial charge in [-0.2, -0.15) is 5.10 Å². The van der Waals surface area contributed by atoms with Crippen LogP contribution in [-0.4, -0.2) is 19.7 Å². The molecule has 5 heteroatoms. The van der Waals surface area contributed by atoms with Crippen LogP contribution in [0.1, 0.15) is 12.6 Å². The normalized spacial score (nSPS) is 11.3. The highest BCUT2D eigenvalue weighted by atomic mass is 15.3. The molecule has 110 valence electrons. The summed E-state index contributed by atoms with van der Waals surface area (Å²) in [6.45, 7) is 3.64. The number of rotatable bonds is 4. The van der Waals surface area contributed by atoms with Crippen molar-refractivity contribution in [3.63, 3.8) is 0 Å². The maximum Gasteiger partial charge on any atom is 0.139 e. The highest BCUT2D eigenvalue weighted by Crippen LogP contribution is 2.20. The van der Waals surface area contributed by atoms with Crippen molar-refractivity contribution in [2.75, 3.05) is 5.32 Å². The quantitative estimate of drug-likeness (QED) is 0.604. The first kappa shape index (κ1) is 12.9. The molecule has 5 nitrogen and oxygen atoms in total. The van der Waals surface area contributed by atoms with Gasteiger partial charge in [0.15, 0.2) is 0 Å². The minimum absolute atomic E-state index is 0.659. The zero-order valence-corrected chi connectivity index (χ0v) is 12.4. The summed E-state index contributed by atoms with van der Waals surface area (Å²) in [7, 11) is 0. The molecule has 0 radical (unpaired) electrons. The number of benzene rings is 1. The summed E-state index contributed by atoms with van der Waals surface area (Å²) in [4.78, 5) is 7.69. The van der Waals surface area contributed by atoms with Gasteiger partial charge in [-0.25, -0.2) is 4.98 Å². The van der Waals surface area contributed by atoms with Crippen molar-refractivity contribution in [2.45, 2.75) is 20.0 Å². The Morgan fingerprint density at radius 1 is 1.14 bits per heavy atom. The third-order valence-electron chi connectivity index (χ3n) is 3.88. The van der Waals surface area contributed by atoms with E-state index in [-0.39, 0.29) is 0 Å². The van der Waals surface area contributed by atoms with Crippen molar-refractivity contribution >= 4 is 27.8 Å². The van der Waals surface area contributed by atoms with Crippen LogP contribution in [0.3, 0.4) is 0 Å². The predicted molar refractivity (Wildman–Crippen MR) is 88.8 cm³/mol. The topological polar surface area (TPSA) is 58.5 Å². The first-order valence-electron chi connectivity index (χ1n) is 7.47. The molecule has 0 bridgehead atoms. The van der Waals surface area contributed by atoms with Crippen LogP contribution in [0.2, 0.25) is 0 Å². The molecule has 2 N–H and O–H groups in total. The minimum Gasteiger partial charge on any atom is -0.364 e.